The van der Waals surface area contributed by atoms with E-state index in [9.17, 15) is 14.3 Å². The van der Waals surface area contributed by atoms with Crippen LogP contribution in [-0.4, -0.2) is 34.6 Å². The van der Waals surface area contributed by atoms with Crippen molar-refractivity contribution in [1.29, 1.82) is 0 Å². The molecule has 0 spiro atoms. The highest BCUT2D eigenvalue weighted by molar-refractivity contribution is 5.92. The van der Waals surface area contributed by atoms with Crippen molar-refractivity contribution in [1.82, 2.24) is 4.90 Å². The maximum Gasteiger partial charge on any atom is 0.238 e. The Bertz CT molecular complexity index is 811. The van der Waals surface area contributed by atoms with Crippen molar-refractivity contribution in [3.8, 4) is 0 Å². The summed E-state index contributed by atoms with van der Waals surface area (Å²) in [5.74, 6) is -0.281. The minimum atomic E-state index is -0.691. The molecule has 2 N–H and O–H groups in total. The van der Waals surface area contributed by atoms with Gasteiger partial charge in [-0.25, -0.2) is 4.39 Å². The lowest BCUT2D eigenvalue weighted by atomic mass is 9.66. The van der Waals surface area contributed by atoms with Crippen LogP contribution < -0.4 is 5.32 Å². The van der Waals surface area contributed by atoms with Crippen molar-refractivity contribution in [2.24, 2.45) is 5.92 Å². The SMILES string of the molecule is O=C(CN1CC[C@]2(O)CCCC[C@H]2[C@H]1c1ccc(F)cc1)Nc1ccccc1. The molecule has 1 saturated carbocycles. The number of benzene rings is 2. The normalized spacial score (nSPS) is 27.8. The lowest BCUT2D eigenvalue weighted by molar-refractivity contribution is -0.135. The van der Waals surface area contributed by atoms with Crippen LogP contribution in [0.1, 0.15) is 43.7 Å². The van der Waals surface area contributed by atoms with Gasteiger partial charge in [0.15, 0.2) is 0 Å². The van der Waals surface area contributed by atoms with Crippen molar-refractivity contribution < 1.29 is 14.3 Å². The molecule has 1 saturated heterocycles. The average molecular weight is 382 g/mol. The smallest absolute Gasteiger partial charge is 0.238 e. The van der Waals surface area contributed by atoms with Crippen molar-refractivity contribution in [3.05, 3.63) is 66.0 Å². The third-order valence-electron chi connectivity index (χ3n) is 6.29. The Hall–Kier alpha value is -2.24. The van der Waals surface area contributed by atoms with E-state index in [1.807, 2.05) is 30.3 Å². The fraction of sp³-hybridized carbons (Fsp3) is 0.435. The number of hydrogen-bond donors (Lipinski definition) is 2. The van der Waals surface area contributed by atoms with Gasteiger partial charge in [0.2, 0.25) is 5.91 Å². The molecule has 0 aromatic heterocycles. The van der Waals surface area contributed by atoms with E-state index >= 15 is 0 Å². The molecule has 2 aromatic rings. The third kappa shape index (κ3) is 3.96. The van der Waals surface area contributed by atoms with Crippen LogP contribution in [0.4, 0.5) is 10.1 Å². The average Bonchev–Trinajstić information content (AvgIpc) is 2.69. The Kier molecular flexibility index (Phi) is 5.47. The molecular formula is C23H27FN2O2. The summed E-state index contributed by atoms with van der Waals surface area (Å²) in [7, 11) is 0. The monoisotopic (exact) mass is 382 g/mol. The number of halogens is 1. The number of amides is 1. The highest BCUT2D eigenvalue weighted by Gasteiger charge is 2.49. The van der Waals surface area contributed by atoms with E-state index in [-0.39, 0.29) is 30.2 Å². The summed E-state index contributed by atoms with van der Waals surface area (Å²) < 4.78 is 13.5. The van der Waals surface area contributed by atoms with Gasteiger partial charge in [0.05, 0.1) is 12.1 Å². The van der Waals surface area contributed by atoms with E-state index in [0.717, 1.165) is 36.9 Å². The minimum absolute atomic E-state index is 0.0602. The maximum absolute atomic E-state index is 13.5. The number of anilines is 1. The molecule has 2 aliphatic rings. The van der Waals surface area contributed by atoms with Crippen molar-refractivity contribution in [3.63, 3.8) is 0 Å². The van der Waals surface area contributed by atoms with Crippen LogP contribution in [0.5, 0.6) is 0 Å². The molecule has 28 heavy (non-hydrogen) atoms. The number of rotatable bonds is 4. The number of para-hydroxylation sites is 1. The molecule has 0 bridgehead atoms. The summed E-state index contributed by atoms with van der Waals surface area (Å²) in [5, 5.41) is 14.2. The number of likely N-dealkylation sites (tertiary alicyclic amines) is 1. The fourth-order valence-electron chi connectivity index (χ4n) is 4.93. The standard InChI is InChI=1S/C23H27FN2O2/c24-18-11-9-17(10-12-18)22-20-8-4-5-13-23(20,28)14-15-26(22)16-21(27)25-19-6-2-1-3-7-19/h1-3,6-7,9-12,20,22,28H,4-5,8,13-16H2,(H,25,27)/t20-,22+,23+/m0/s1. The Morgan fingerprint density at radius 2 is 1.86 bits per heavy atom. The number of piperidine rings is 1. The number of nitrogens with zero attached hydrogens (tertiary/aromatic N) is 1. The number of fused-ring (bicyclic) bond motifs is 1. The number of carbonyl (C=O) groups excluding carboxylic acids is 1. The molecule has 0 radical (unpaired) electrons. The molecular weight excluding hydrogens is 355 g/mol. The summed E-state index contributed by atoms with van der Waals surface area (Å²) in [5.41, 5.74) is 1.06. The second-order valence-corrected chi connectivity index (χ2v) is 8.09. The molecule has 2 aromatic carbocycles. The summed E-state index contributed by atoms with van der Waals surface area (Å²) in [6.07, 6.45) is 4.52. The van der Waals surface area contributed by atoms with E-state index in [1.54, 1.807) is 12.1 Å². The number of carbonyl (C=O) groups is 1. The molecule has 1 aliphatic heterocycles. The summed E-state index contributed by atoms with van der Waals surface area (Å²) in [6, 6.07) is 15.9. The first-order valence-corrected chi connectivity index (χ1v) is 10.1. The zero-order valence-electron chi connectivity index (χ0n) is 16.0. The Labute approximate surface area is 165 Å². The van der Waals surface area contributed by atoms with Crippen LogP contribution in [-0.2, 0) is 4.79 Å². The fourth-order valence-corrected chi connectivity index (χ4v) is 4.93. The van der Waals surface area contributed by atoms with Gasteiger partial charge in [-0.15, -0.1) is 0 Å². The molecule has 4 nitrogen and oxygen atoms in total. The zero-order valence-corrected chi connectivity index (χ0v) is 16.0. The molecule has 5 heteroatoms. The van der Waals surface area contributed by atoms with Crippen molar-refractivity contribution in [2.75, 3.05) is 18.4 Å². The van der Waals surface area contributed by atoms with Gasteiger partial charge in [-0.1, -0.05) is 43.2 Å². The number of aliphatic hydroxyl groups is 1. The Balaban J connectivity index is 1.57. The lowest BCUT2D eigenvalue weighted by Gasteiger charge is -2.52. The van der Waals surface area contributed by atoms with Crippen LogP contribution in [0.15, 0.2) is 54.6 Å². The quantitative estimate of drug-likeness (QED) is 0.836. The highest BCUT2D eigenvalue weighted by atomic mass is 19.1. The molecule has 1 amide bonds. The van der Waals surface area contributed by atoms with Gasteiger partial charge < -0.3 is 10.4 Å². The zero-order chi connectivity index (χ0) is 19.6. The topological polar surface area (TPSA) is 52.6 Å². The highest BCUT2D eigenvalue weighted by Crippen LogP contribution is 2.49. The summed E-state index contributed by atoms with van der Waals surface area (Å²) >= 11 is 0. The van der Waals surface area contributed by atoms with Crippen LogP contribution in [0.2, 0.25) is 0 Å². The van der Waals surface area contributed by atoms with Gasteiger partial charge in [0, 0.05) is 24.2 Å². The van der Waals surface area contributed by atoms with E-state index in [0.29, 0.717) is 13.0 Å². The van der Waals surface area contributed by atoms with Gasteiger partial charge in [-0.2, -0.15) is 0 Å². The van der Waals surface area contributed by atoms with Crippen LogP contribution in [0, 0.1) is 11.7 Å². The molecule has 0 unspecified atom stereocenters. The molecule has 4 rings (SSSR count). The molecule has 2 fully saturated rings. The van der Waals surface area contributed by atoms with Gasteiger partial charge in [0.25, 0.3) is 0 Å². The van der Waals surface area contributed by atoms with Crippen molar-refractivity contribution >= 4 is 11.6 Å². The van der Waals surface area contributed by atoms with E-state index in [2.05, 4.69) is 10.2 Å². The largest absolute Gasteiger partial charge is 0.389 e. The first-order chi connectivity index (χ1) is 13.5. The second kappa shape index (κ2) is 8.02. The number of nitrogens with one attached hydrogen (secondary N) is 1. The molecule has 148 valence electrons. The van der Waals surface area contributed by atoms with Gasteiger partial charge >= 0.3 is 0 Å². The van der Waals surface area contributed by atoms with Gasteiger partial charge in [-0.05, 0) is 49.1 Å². The van der Waals surface area contributed by atoms with E-state index < -0.39 is 5.60 Å². The predicted molar refractivity (Wildman–Crippen MR) is 107 cm³/mol. The molecule has 1 heterocycles. The minimum Gasteiger partial charge on any atom is -0.389 e. The molecule has 1 aliphatic carbocycles. The van der Waals surface area contributed by atoms with Crippen LogP contribution in [0.3, 0.4) is 0 Å². The third-order valence-corrected chi connectivity index (χ3v) is 6.29. The lowest BCUT2D eigenvalue weighted by Crippen LogP contribution is -2.56. The van der Waals surface area contributed by atoms with Crippen LogP contribution >= 0.6 is 0 Å². The first kappa shape index (κ1) is 19.1. The second-order valence-electron chi connectivity index (χ2n) is 8.09. The van der Waals surface area contributed by atoms with Crippen molar-refractivity contribution in [2.45, 2.75) is 43.7 Å². The maximum atomic E-state index is 13.5. The Morgan fingerprint density at radius 3 is 2.61 bits per heavy atom. The molecule has 3 atom stereocenters. The van der Waals surface area contributed by atoms with E-state index in [4.69, 9.17) is 0 Å². The van der Waals surface area contributed by atoms with Gasteiger partial charge in [-0.3, -0.25) is 9.69 Å². The number of hydrogen-bond acceptors (Lipinski definition) is 3. The van der Waals surface area contributed by atoms with E-state index in [1.165, 1.54) is 12.1 Å². The van der Waals surface area contributed by atoms with Gasteiger partial charge in [0.1, 0.15) is 5.82 Å². The first-order valence-electron chi connectivity index (χ1n) is 10.1. The summed E-state index contributed by atoms with van der Waals surface area (Å²) in [6.45, 7) is 0.904. The predicted octanol–water partition coefficient (Wildman–Crippen LogP) is 4.13. The summed E-state index contributed by atoms with van der Waals surface area (Å²) in [4.78, 5) is 14.8. The van der Waals surface area contributed by atoms with Crippen LogP contribution in [0.25, 0.3) is 0 Å². The Morgan fingerprint density at radius 1 is 1.11 bits per heavy atom.